The highest BCUT2D eigenvalue weighted by Crippen LogP contribution is 2.52. The van der Waals surface area contributed by atoms with Crippen LogP contribution in [0.5, 0.6) is 0 Å². The van der Waals surface area contributed by atoms with Gasteiger partial charge < -0.3 is 19.9 Å². The molecule has 3 heterocycles. The normalized spacial score (nSPS) is 19.0. The van der Waals surface area contributed by atoms with E-state index in [9.17, 15) is 27.9 Å². The average molecular weight is 657 g/mol. The van der Waals surface area contributed by atoms with Crippen molar-refractivity contribution in [2.24, 2.45) is 0 Å². The molecule has 3 aliphatic rings. The van der Waals surface area contributed by atoms with Crippen molar-refractivity contribution in [2.45, 2.75) is 68.7 Å². The molecule has 2 N–H and O–H groups in total. The fourth-order valence-electron chi connectivity index (χ4n) is 7.31. The maximum atomic E-state index is 13.6. The van der Waals surface area contributed by atoms with Gasteiger partial charge in [0.05, 0.1) is 28.8 Å². The molecule has 0 unspecified atom stereocenters. The first-order valence-electron chi connectivity index (χ1n) is 16.7. The Balaban J connectivity index is 1.10. The summed E-state index contributed by atoms with van der Waals surface area (Å²) in [6.07, 6.45) is -1.37. The van der Waals surface area contributed by atoms with Crippen LogP contribution in [0.4, 0.5) is 13.2 Å². The van der Waals surface area contributed by atoms with Crippen molar-refractivity contribution < 1.29 is 23.1 Å². The molecule has 7 nitrogen and oxygen atoms in total. The number of amides is 1. The molecule has 10 heteroatoms. The molecule has 1 aromatic heterocycles. The highest BCUT2D eigenvalue weighted by Gasteiger charge is 2.49. The number of fused-ring (bicyclic) bond motifs is 1. The number of nitrogens with zero attached hydrogens (tertiary/aromatic N) is 3. The summed E-state index contributed by atoms with van der Waals surface area (Å²) >= 11 is 0. The fourth-order valence-corrected chi connectivity index (χ4v) is 7.31. The molecule has 2 aliphatic heterocycles. The van der Waals surface area contributed by atoms with Crippen molar-refractivity contribution in [1.82, 2.24) is 19.8 Å². The molecule has 48 heavy (non-hydrogen) atoms. The average Bonchev–Trinajstić information content (AvgIpc) is 3.93. The van der Waals surface area contributed by atoms with Gasteiger partial charge in [0.15, 0.2) is 6.10 Å². The summed E-state index contributed by atoms with van der Waals surface area (Å²) in [5, 5.41) is 10.8. The summed E-state index contributed by atoms with van der Waals surface area (Å²) < 4.78 is 39.7. The minimum Gasteiger partial charge on any atom is -0.378 e. The van der Waals surface area contributed by atoms with Crippen LogP contribution in [0.25, 0.3) is 11.1 Å². The van der Waals surface area contributed by atoms with Gasteiger partial charge >= 0.3 is 6.18 Å². The zero-order chi connectivity index (χ0) is 33.6. The largest absolute Gasteiger partial charge is 0.416 e. The number of hydrogen-bond donors (Lipinski definition) is 2. The van der Waals surface area contributed by atoms with E-state index in [1.54, 1.807) is 0 Å². The number of alkyl halides is 3. The Morgan fingerprint density at radius 2 is 1.71 bits per heavy atom. The molecule has 1 atom stereocenters. The van der Waals surface area contributed by atoms with Crippen LogP contribution in [-0.2, 0) is 29.4 Å². The molecule has 2 fully saturated rings. The Morgan fingerprint density at radius 1 is 0.979 bits per heavy atom. The number of aromatic amines is 1. The van der Waals surface area contributed by atoms with Crippen molar-refractivity contribution in [1.29, 1.82) is 0 Å². The van der Waals surface area contributed by atoms with E-state index in [1.807, 2.05) is 0 Å². The molecule has 0 radical (unpaired) electrons. The molecule has 7 rings (SSSR count). The number of likely N-dealkylation sites (tertiary alicyclic amines) is 1. The van der Waals surface area contributed by atoms with Crippen molar-refractivity contribution in [2.75, 3.05) is 26.7 Å². The molecule has 1 saturated heterocycles. The lowest BCUT2D eigenvalue weighted by molar-refractivity contribution is -0.142. The van der Waals surface area contributed by atoms with Crippen molar-refractivity contribution in [3.05, 3.63) is 122 Å². The third-order valence-corrected chi connectivity index (χ3v) is 10.4. The number of aliphatic hydroxyl groups is 1. The van der Waals surface area contributed by atoms with Crippen molar-refractivity contribution >= 4 is 5.91 Å². The van der Waals surface area contributed by atoms with Crippen LogP contribution in [0, 0.1) is 0 Å². The maximum Gasteiger partial charge on any atom is 0.416 e. The van der Waals surface area contributed by atoms with E-state index in [1.165, 1.54) is 35.4 Å². The number of benzene rings is 3. The predicted octanol–water partition coefficient (Wildman–Crippen LogP) is 6.35. The second-order valence-electron chi connectivity index (χ2n) is 13.6. The van der Waals surface area contributed by atoms with Crippen LogP contribution < -0.4 is 5.56 Å². The van der Waals surface area contributed by atoms with E-state index in [4.69, 9.17) is 4.98 Å². The molecular formula is C38H39F3N4O3. The minimum absolute atomic E-state index is 0.0805. The van der Waals surface area contributed by atoms with Gasteiger partial charge in [0, 0.05) is 6.54 Å². The first-order chi connectivity index (χ1) is 23.0. The first kappa shape index (κ1) is 32.3. The van der Waals surface area contributed by atoms with Gasteiger partial charge in [-0.3, -0.25) is 9.59 Å². The van der Waals surface area contributed by atoms with Gasteiger partial charge in [-0.05, 0) is 105 Å². The number of carbonyl (C=O) groups excluding carboxylic acids is 1. The number of H-pyrrole nitrogens is 1. The Hall–Kier alpha value is -4.28. The molecule has 250 valence electrons. The number of aryl methyl sites for hydroxylation is 1. The van der Waals surface area contributed by atoms with Gasteiger partial charge in [0.2, 0.25) is 0 Å². The van der Waals surface area contributed by atoms with Crippen molar-refractivity contribution in [3.63, 3.8) is 0 Å². The maximum absolute atomic E-state index is 13.6. The number of rotatable bonds is 6. The number of piperidine rings is 1. The summed E-state index contributed by atoms with van der Waals surface area (Å²) in [5.41, 5.74) is 3.86. The van der Waals surface area contributed by atoms with Crippen LogP contribution >= 0.6 is 0 Å². The number of nitrogens with one attached hydrogen (secondary N) is 1. The van der Waals surface area contributed by atoms with E-state index < -0.39 is 29.2 Å². The van der Waals surface area contributed by atoms with Crippen molar-refractivity contribution in [3.8, 4) is 11.1 Å². The van der Waals surface area contributed by atoms with Crippen LogP contribution in [0.2, 0.25) is 0 Å². The molecule has 1 amide bonds. The predicted molar refractivity (Wildman–Crippen MR) is 176 cm³/mol. The molecular weight excluding hydrogens is 617 g/mol. The smallest absolute Gasteiger partial charge is 0.378 e. The lowest BCUT2D eigenvalue weighted by Crippen LogP contribution is -2.36. The first-order valence-corrected chi connectivity index (χ1v) is 16.7. The summed E-state index contributed by atoms with van der Waals surface area (Å²) in [4.78, 5) is 38.5. The summed E-state index contributed by atoms with van der Waals surface area (Å²) in [5.74, 6) is 0.461. The van der Waals surface area contributed by atoms with Gasteiger partial charge in [-0.15, -0.1) is 0 Å². The highest BCUT2D eigenvalue weighted by atomic mass is 19.4. The van der Waals surface area contributed by atoms with E-state index in [-0.39, 0.29) is 24.2 Å². The Morgan fingerprint density at radius 3 is 2.42 bits per heavy atom. The highest BCUT2D eigenvalue weighted by molar-refractivity contribution is 5.82. The second kappa shape index (κ2) is 12.6. The third kappa shape index (κ3) is 6.31. The number of carbonyl (C=O) groups is 1. The van der Waals surface area contributed by atoms with E-state index in [2.05, 4.69) is 65.5 Å². The van der Waals surface area contributed by atoms with E-state index in [0.29, 0.717) is 35.8 Å². The van der Waals surface area contributed by atoms with Crippen LogP contribution in [-0.4, -0.2) is 57.5 Å². The summed E-state index contributed by atoms with van der Waals surface area (Å²) in [7, 11) is 2.18. The number of halogens is 3. The SMILES string of the molecule is CN1CCC(c2ccc(-c3cccc(C4(c5nc6c(c(=O)[nH]5)CN(C(=O)[C@H](O)c5cccc(C(F)(F)F)c5)CCC6)CC4)c3)cc2)CC1. The molecule has 0 spiro atoms. The standard InChI is InChI=1S/C38H39F3N4O3/c1-44-19-14-26(15-20-44)24-10-12-25(13-11-24)27-5-2-7-29(21-27)37(16-17-37)36-42-32-9-4-18-45(23-31(32)34(47)43-36)35(48)33(46)28-6-3-8-30(22-28)38(39,40)41/h2-3,5-8,10-13,21-22,26,33,46H,4,9,14-20,23H2,1H3,(H,42,43,47)/t33-/m1/s1. The van der Waals surface area contributed by atoms with E-state index >= 15 is 0 Å². The number of hydrogen-bond acceptors (Lipinski definition) is 5. The molecule has 1 saturated carbocycles. The van der Waals surface area contributed by atoms with Crippen LogP contribution in [0.3, 0.4) is 0 Å². The molecule has 4 aromatic rings. The summed E-state index contributed by atoms with van der Waals surface area (Å²) in [6, 6.07) is 21.5. The van der Waals surface area contributed by atoms with Gasteiger partial charge in [-0.2, -0.15) is 13.2 Å². The van der Waals surface area contributed by atoms with Gasteiger partial charge in [-0.25, -0.2) is 4.98 Å². The lowest BCUT2D eigenvalue weighted by atomic mass is 9.88. The monoisotopic (exact) mass is 656 g/mol. The summed E-state index contributed by atoms with van der Waals surface area (Å²) in [6.45, 7) is 2.41. The minimum atomic E-state index is -4.60. The molecule has 3 aromatic carbocycles. The van der Waals surface area contributed by atoms with Gasteiger partial charge in [0.1, 0.15) is 5.82 Å². The topological polar surface area (TPSA) is 89.5 Å². The van der Waals surface area contributed by atoms with Crippen LogP contribution in [0.15, 0.2) is 77.6 Å². The quantitative estimate of drug-likeness (QED) is 0.253. The number of aliphatic hydroxyl groups excluding tert-OH is 1. The Kier molecular flexibility index (Phi) is 8.49. The number of aromatic nitrogens is 2. The van der Waals surface area contributed by atoms with Gasteiger partial charge in [0.25, 0.3) is 11.5 Å². The Bertz CT molecular complexity index is 1880. The van der Waals surface area contributed by atoms with Crippen LogP contribution in [0.1, 0.15) is 83.5 Å². The third-order valence-electron chi connectivity index (χ3n) is 10.4. The lowest BCUT2D eigenvalue weighted by Gasteiger charge is -2.29. The zero-order valence-electron chi connectivity index (χ0n) is 26.9. The second-order valence-corrected chi connectivity index (χ2v) is 13.6. The van der Waals surface area contributed by atoms with E-state index in [0.717, 1.165) is 54.8 Å². The molecule has 1 aliphatic carbocycles. The Labute approximate surface area is 277 Å². The zero-order valence-corrected chi connectivity index (χ0v) is 26.9. The fraction of sp³-hybridized carbons (Fsp3) is 0.395. The molecule has 0 bridgehead atoms. The van der Waals surface area contributed by atoms with Gasteiger partial charge in [-0.1, -0.05) is 60.7 Å².